The number of rotatable bonds is 2. The molecule has 1 unspecified atom stereocenters. The van der Waals surface area contributed by atoms with Crippen LogP contribution in [0.5, 0.6) is 0 Å². The minimum absolute atomic E-state index is 0.100. The van der Waals surface area contributed by atoms with Gasteiger partial charge in [0.05, 0.1) is 0 Å². The molecule has 1 aromatic rings. The van der Waals surface area contributed by atoms with E-state index < -0.39 is 0 Å². The van der Waals surface area contributed by atoms with Crippen LogP contribution >= 0.6 is 0 Å². The molecular formula is C16H26N4O. The van der Waals surface area contributed by atoms with Crippen molar-refractivity contribution in [3.05, 3.63) is 11.9 Å². The maximum atomic E-state index is 12.7. The molecule has 5 nitrogen and oxygen atoms in total. The summed E-state index contributed by atoms with van der Waals surface area (Å²) in [6, 6.07) is 0. The van der Waals surface area contributed by atoms with Crippen molar-refractivity contribution in [3.8, 4) is 0 Å². The molecule has 116 valence electrons. The lowest BCUT2D eigenvalue weighted by Crippen LogP contribution is -2.32. The Morgan fingerprint density at radius 1 is 1.29 bits per heavy atom. The average molecular weight is 290 g/mol. The van der Waals surface area contributed by atoms with E-state index in [1.807, 2.05) is 11.1 Å². The summed E-state index contributed by atoms with van der Waals surface area (Å²) in [7, 11) is 0. The normalized spacial score (nSPS) is 22.6. The lowest BCUT2D eigenvalue weighted by molar-refractivity contribution is 0.0753. The van der Waals surface area contributed by atoms with Crippen molar-refractivity contribution in [1.29, 1.82) is 0 Å². The van der Waals surface area contributed by atoms with E-state index in [1.54, 1.807) is 0 Å². The van der Waals surface area contributed by atoms with Gasteiger partial charge in [0.2, 0.25) is 5.95 Å². The lowest BCUT2D eigenvalue weighted by Gasteiger charge is -2.20. The van der Waals surface area contributed by atoms with Crippen molar-refractivity contribution in [2.75, 3.05) is 25.0 Å². The van der Waals surface area contributed by atoms with Gasteiger partial charge in [-0.2, -0.15) is 0 Å². The first-order valence-corrected chi connectivity index (χ1v) is 8.25. The summed E-state index contributed by atoms with van der Waals surface area (Å²) in [6.45, 7) is 8.23. The number of hydrogen-bond acceptors (Lipinski definition) is 3. The molecule has 1 amide bonds. The summed E-state index contributed by atoms with van der Waals surface area (Å²) in [5.41, 5.74) is 0.599. The van der Waals surface area contributed by atoms with Gasteiger partial charge in [0.25, 0.3) is 5.91 Å². The number of anilines is 1. The van der Waals surface area contributed by atoms with Crippen LogP contribution in [-0.2, 0) is 6.54 Å². The highest BCUT2D eigenvalue weighted by Gasteiger charge is 2.25. The molecule has 0 aliphatic carbocycles. The third-order valence-corrected chi connectivity index (χ3v) is 4.86. The Morgan fingerprint density at radius 2 is 2.14 bits per heavy atom. The van der Waals surface area contributed by atoms with E-state index in [2.05, 4.69) is 28.7 Å². The Balaban J connectivity index is 1.68. The number of carbonyl (C=O) groups is 1. The Morgan fingerprint density at radius 3 is 2.90 bits per heavy atom. The molecule has 2 aliphatic heterocycles. The van der Waals surface area contributed by atoms with E-state index in [0.29, 0.717) is 11.6 Å². The molecule has 1 N–H and O–H groups in total. The molecule has 1 saturated heterocycles. The number of nitrogens with zero attached hydrogens (tertiary/aromatic N) is 3. The fourth-order valence-electron chi connectivity index (χ4n) is 3.43. The third-order valence-electron chi connectivity index (χ3n) is 4.86. The molecule has 1 atom stereocenters. The van der Waals surface area contributed by atoms with E-state index in [-0.39, 0.29) is 5.91 Å². The summed E-state index contributed by atoms with van der Waals surface area (Å²) < 4.78 is 2.06. The van der Waals surface area contributed by atoms with Gasteiger partial charge in [-0.3, -0.25) is 4.79 Å². The monoisotopic (exact) mass is 290 g/mol. The van der Waals surface area contributed by atoms with Gasteiger partial charge < -0.3 is 14.8 Å². The highest BCUT2D eigenvalue weighted by Crippen LogP contribution is 2.25. The number of fused-ring (bicyclic) bond motifs is 1. The molecule has 1 aromatic heterocycles. The van der Waals surface area contributed by atoms with Crippen LogP contribution < -0.4 is 5.32 Å². The first-order valence-electron chi connectivity index (χ1n) is 8.25. The number of hydrogen-bond donors (Lipinski definition) is 1. The molecule has 21 heavy (non-hydrogen) atoms. The van der Waals surface area contributed by atoms with Gasteiger partial charge in [0.15, 0.2) is 0 Å². The second-order valence-electron chi connectivity index (χ2n) is 6.65. The van der Waals surface area contributed by atoms with Gasteiger partial charge in [0.1, 0.15) is 5.69 Å². The maximum Gasteiger partial charge on any atom is 0.274 e. The molecule has 3 rings (SSSR count). The molecule has 0 saturated carbocycles. The number of likely N-dealkylation sites (tertiary alicyclic amines) is 1. The molecule has 1 fully saturated rings. The van der Waals surface area contributed by atoms with Gasteiger partial charge in [-0.15, -0.1) is 0 Å². The minimum Gasteiger partial charge on any atom is -0.356 e. The molecule has 2 aliphatic rings. The highest BCUT2D eigenvalue weighted by atomic mass is 16.2. The maximum absolute atomic E-state index is 12.7. The van der Waals surface area contributed by atoms with Crippen LogP contribution in [0.15, 0.2) is 6.20 Å². The Labute approximate surface area is 126 Å². The van der Waals surface area contributed by atoms with Crippen molar-refractivity contribution in [2.24, 2.45) is 11.8 Å². The second-order valence-corrected chi connectivity index (χ2v) is 6.65. The third kappa shape index (κ3) is 3.06. The van der Waals surface area contributed by atoms with Crippen LogP contribution in [0.25, 0.3) is 0 Å². The van der Waals surface area contributed by atoms with Gasteiger partial charge in [-0.1, -0.05) is 13.8 Å². The Hall–Kier alpha value is -1.52. The van der Waals surface area contributed by atoms with Crippen LogP contribution in [0.1, 0.15) is 50.0 Å². The number of amides is 1. The van der Waals surface area contributed by atoms with Gasteiger partial charge in [-0.05, 0) is 37.5 Å². The van der Waals surface area contributed by atoms with Crippen molar-refractivity contribution in [1.82, 2.24) is 14.5 Å². The number of nitrogens with one attached hydrogen (secondary N) is 1. The molecule has 5 heteroatoms. The molecule has 3 heterocycles. The quantitative estimate of drug-likeness (QED) is 0.911. The van der Waals surface area contributed by atoms with E-state index in [1.165, 1.54) is 6.42 Å². The largest absolute Gasteiger partial charge is 0.356 e. The predicted molar refractivity (Wildman–Crippen MR) is 83.4 cm³/mol. The SMILES string of the molecule is CC(C)C1CCCN(C(=O)c2cn3c(n2)NCCC3)CC1. The van der Waals surface area contributed by atoms with E-state index >= 15 is 0 Å². The number of imidazole rings is 1. The van der Waals surface area contributed by atoms with Crippen LogP contribution in [-0.4, -0.2) is 40.0 Å². The average Bonchev–Trinajstić information content (AvgIpc) is 2.75. The number of carbonyl (C=O) groups excluding carboxylic acids is 1. The zero-order valence-electron chi connectivity index (χ0n) is 13.1. The number of aryl methyl sites for hydroxylation is 1. The van der Waals surface area contributed by atoms with Gasteiger partial charge in [-0.25, -0.2) is 4.98 Å². The van der Waals surface area contributed by atoms with Gasteiger partial charge >= 0.3 is 0 Å². The smallest absolute Gasteiger partial charge is 0.274 e. The van der Waals surface area contributed by atoms with Crippen molar-refractivity contribution in [3.63, 3.8) is 0 Å². The molecule has 0 radical (unpaired) electrons. The fourth-order valence-corrected chi connectivity index (χ4v) is 3.43. The van der Waals surface area contributed by atoms with Crippen molar-refractivity contribution in [2.45, 2.75) is 46.1 Å². The predicted octanol–water partition coefficient (Wildman–Crippen LogP) is 2.60. The summed E-state index contributed by atoms with van der Waals surface area (Å²) >= 11 is 0. The van der Waals surface area contributed by atoms with Crippen molar-refractivity contribution < 1.29 is 4.79 Å². The second kappa shape index (κ2) is 6.08. The fraction of sp³-hybridized carbons (Fsp3) is 0.750. The summed E-state index contributed by atoms with van der Waals surface area (Å²) in [5.74, 6) is 2.41. The Kier molecular flexibility index (Phi) is 4.17. The van der Waals surface area contributed by atoms with E-state index in [0.717, 1.165) is 57.3 Å². The van der Waals surface area contributed by atoms with Crippen LogP contribution in [0.3, 0.4) is 0 Å². The van der Waals surface area contributed by atoms with E-state index in [9.17, 15) is 4.79 Å². The minimum atomic E-state index is 0.100. The topological polar surface area (TPSA) is 50.2 Å². The Bertz CT molecular complexity index is 485. The summed E-state index contributed by atoms with van der Waals surface area (Å²) in [6.07, 6.45) is 6.48. The van der Waals surface area contributed by atoms with Crippen LogP contribution in [0.4, 0.5) is 5.95 Å². The van der Waals surface area contributed by atoms with Crippen molar-refractivity contribution >= 4 is 11.9 Å². The van der Waals surface area contributed by atoms with Crippen LogP contribution in [0, 0.1) is 11.8 Å². The zero-order valence-corrected chi connectivity index (χ0v) is 13.1. The highest BCUT2D eigenvalue weighted by molar-refractivity contribution is 5.92. The lowest BCUT2D eigenvalue weighted by atomic mass is 9.89. The molecule has 0 spiro atoms. The molecule has 0 aromatic carbocycles. The summed E-state index contributed by atoms with van der Waals surface area (Å²) in [4.78, 5) is 19.1. The van der Waals surface area contributed by atoms with E-state index in [4.69, 9.17) is 0 Å². The first-order chi connectivity index (χ1) is 10.1. The summed E-state index contributed by atoms with van der Waals surface area (Å²) in [5, 5.41) is 3.26. The first kappa shape index (κ1) is 14.4. The zero-order chi connectivity index (χ0) is 14.8. The molecule has 0 bridgehead atoms. The molecular weight excluding hydrogens is 264 g/mol. The number of aromatic nitrogens is 2. The standard InChI is InChI=1S/C16H26N4O/c1-12(2)13-5-3-8-19(10-6-13)15(21)14-11-20-9-4-7-17-16(20)18-14/h11-13H,3-10H2,1-2H3,(H,17,18). The van der Waals surface area contributed by atoms with Crippen LogP contribution in [0.2, 0.25) is 0 Å². The van der Waals surface area contributed by atoms with Gasteiger partial charge in [0, 0.05) is 32.4 Å².